The second-order valence-electron chi connectivity index (χ2n) is 8.32. The van der Waals surface area contributed by atoms with Crippen molar-refractivity contribution in [3.63, 3.8) is 0 Å². The van der Waals surface area contributed by atoms with E-state index in [1.807, 2.05) is 24.3 Å². The lowest BCUT2D eigenvalue weighted by molar-refractivity contribution is 0.0697. The summed E-state index contributed by atoms with van der Waals surface area (Å²) in [6, 6.07) is 16.7. The van der Waals surface area contributed by atoms with Gasteiger partial charge in [-0.3, -0.25) is 9.80 Å². The molecule has 2 aliphatic rings. The minimum atomic E-state index is -0.878. The molecular weight excluding hydrogens is 394 g/mol. The lowest BCUT2D eigenvalue weighted by Gasteiger charge is -2.34. The third kappa shape index (κ3) is 4.47. The molecule has 7 nitrogen and oxygen atoms in total. The molecule has 3 heterocycles. The molecule has 5 rings (SSSR count). The van der Waals surface area contributed by atoms with E-state index in [0.717, 1.165) is 37.6 Å². The van der Waals surface area contributed by atoms with Crippen molar-refractivity contribution in [1.82, 2.24) is 14.8 Å². The standard InChI is InChI=1S/C24H25N3O4/c28-24(29)19-5-1-17(2-6-19)10-26-12-22-9-21(26)13-27(22)11-18-3-7-23(8-4-18)31-15-20-14-30-16-25-20/h1-8,14,16,21-22H,9-13,15H2,(H,28,29)/t21-,22-/m0/s1. The van der Waals surface area contributed by atoms with Gasteiger partial charge in [0, 0.05) is 38.3 Å². The van der Waals surface area contributed by atoms with Crippen molar-refractivity contribution in [2.24, 2.45) is 0 Å². The van der Waals surface area contributed by atoms with Gasteiger partial charge in [-0.15, -0.1) is 0 Å². The number of rotatable bonds is 8. The van der Waals surface area contributed by atoms with Crippen LogP contribution in [0.5, 0.6) is 5.75 Å². The summed E-state index contributed by atoms with van der Waals surface area (Å²) in [7, 11) is 0. The number of carboxylic acid groups (broad SMARTS) is 1. The average Bonchev–Trinajstić information content (AvgIpc) is 3.52. The van der Waals surface area contributed by atoms with Crippen molar-refractivity contribution in [1.29, 1.82) is 0 Å². The van der Waals surface area contributed by atoms with Gasteiger partial charge in [0.25, 0.3) is 0 Å². The summed E-state index contributed by atoms with van der Waals surface area (Å²) in [4.78, 5) is 20.2. The number of aromatic nitrogens is 1. The van der Waals surface area contributed by atoms with Crippen LogP contribution in [0, 0.1) is 0 Å². The van der Waals surface area contributed by atoms with E-state index in [-0.39, 0.29) is 0 Å². The minimum Gasteiger partial charge on any atom is -0.487 e. The highest BCUT2D eigenvalue weighted by molar-refractivity contribution is 5.87. The number of likely N-dealkylation sites (tertiary alicyclic amines) is 2. The van der Waals surface area contributed by atoms with E-state index >= 15 is 0 Å². The Hall–Kier alpha value is -3.16. The van der Waals surface area contributed by atoms with E-state index in [4.69, 9.17) is 14.3 Å². The Kier molecular flexibility index (Phi) is 5.44. The molecule has 2 atom stereocenters. The first-order chi connectivity index (χ1) is 15.1. The van der Waals surface area contributed by atoms with Gasteiger partial charge in [-0.1, -0.05) is 24.3 Å². The normalized spacial score (nSPS) is 20.9. The highest BCUT2D eigenvalue weighted by atomic mass is 16.5. The van der Waals surface area contributed by atoms with Crippen molar-refractivity contribution < 1.29 is 19.1 Å². The van der Waals surface area contributed by atoms with Gasteiger partial charge in [-0.2, -0.15) is 0 Å². The maximum absolute atomic E-state index is 11.0. The number of oxazole rings is 1. The van der Waals surface area contributed by atoms with Gasteiger partial charge in [-0.05, 0) is 41.8 Å². The van der Waals surface area contributed by atoms with Gasteiger partial charge in [0.05, 0.1) is 5.56 Å². The molecule has 0 radical (unpaired) electrons. The molecule has 1 aromatic heterocycles. The van der Waals surface area contributed by atoms with Crippen LogP contribution >= 0.6 is 0 Å². The van der Waals surface area contributed by atoms with E-state index in [9.17, 15) is 4.79 Å². The zero-order chi connectivity index (χ0) is 21.2. The van der Waals surface area contributed by atoms with Crippen LogP contribution in [0.4, 0.5) is 0 Å². The Morgan fingerprint density at radius 1 is 1.00 bits per heavy atom. The predicted molar refractivity (Wildman–Crippen MR) is 114 cm³/mol. The van der Waals surface area contributed by atoms with Gasteiger partial charge >= 0.3 is 5.97 Å². The molecule has 0 saturated carbocycles. The highest BCUT2D eigenvalue weighted by Gasteiger charge is 2.42. The van der Waals surface area contributed by atoms with Gasteiger partial charge in [-0.25, -0.2) is 9.78 Å². The molecule has 7 heteroatoms. The number of fused-ring (bicyclic) bond motifs is 2. The van der Waals surface area contributed by atoms with E-state index in [1.165, 1.54) is 23.9 Å². The fraction of sp³-hybridized carbons (Fsp3) is 0.333. The van der Waals surface area contributed by atoms with Gasteiger partial charge in [0.15, 0.2) is 6.39 Å². The maximum Gasteiger partial charge on any atom is 0.335 e. The number of carboxylic acids is 1. The van der Waals surface area contributed by atoms with Gasteiger partial charge in [0.1, 0.15) is 24.3 Å². The summed E-state index contributed by atoms with van der Waals surface area (Å²) >= 11 is 0. The minimum absolute atomic E-state index is 0.340. The zero-order valence-electron chi connectivity index (χ0n) is 17.2. The van der Waals surface area contributed by atoms with Gasteiger partial charge in [0.2, 0.25) is 0 Å². The summed E-state index contributed by atoms with van der Waals surface area (Å²) in [5.41, 5.74) is 3.58. The highest BCUT2D eigenvalue weighted by Crippen LogP contribution is 2.33. The lowest BCUT2D eigenvalue weighted by Crippen LogP contribution is -2.45. The van der Waals surface area contributed by atoms with Crippen molar-refractivity contribution in [2.45, 2.75) is 38.2 Å². The molecule has 2 saturated heterocycles. The van der Waals surface area contributed by atoms with E-state index in [2.05, 4.69) is 26.9 Å². The van der Waals surface area contributed by atoms with Crippen LogP contribution in [0.25, 0.3) is 0 Å². The summed E-state index contributed by atoms with van der Waals surface area (Å²) in [6.07, 6.45) is 4.19. The Morgan fingerprint density at radius 2 is 1.61 bits per heavy atom. The molecule has 31 heavy (non-hydrogen) atoms. The Labute approximate surface area is 180 Å². The fourth-order valence-electron chi connectivity index (χ4n) is 4.60. The first kappa shape index (κ1) is 19.8. The summed E-state index contributed by atoms with van der Waals surface area (Å²) < 4.78 is 10.7. The number of piperazine rings is 1. The molecule has 1 N–H and O–H groups in total. The van der Waals surface area contributed by atoms with Crippen LogP contribution in [0.2, 0.25) is 0 Å². The van der Waals surface area contributed by atoms with Crippen LogP contribution in [0.3, 0.4) is 0 Å². The van der Waals surface area contributed by atoms with Crippen LogP contribution in [-0.2, 0) is 19.7 Å². The summed E-state index contributed by atoms with van der Waals surface area (Å²) in [5, 5.41) is 9.05. The topological polar surface area (TPSA) is 79.0 Å². The Morgan fingerprint density at radius 3 is 2.13 bits per heavy atom. The maximum atomic E-state index is 11.0. The zero-order valence-corrected chi connectivity index (χ0v) is 17.2. The average molecular weight is 419 g/mol. The molecule has 2 fully saturated rings. The smallest absolute Gasteiger partial charge is 0.335 e. The molecule has 2 aromatic carbocycles. The molecule has 0 aliphatic carbocycles. The molecule has 160 valence electrons. The van der Waals surface area contributed by atoms with Crippen LogP contribution in [-0.4, -0.2) is 51.0 Å². The summed E-state index contributed by atoms with van der Waals surface area (Å²) in [5.74, 6) is -0.0493. The number of hydrogen-bond donors (Lipinski definition) is 1. The largest absolute Gasteiger partial charge is 0.487 e. The second-order valence-corrected chi connectivity index (χ2v) is 8.32. The second kappa shape index (κ2) is 8.53. The van der Waals surface area contributed by atoms with E-state index in [1.54, 1.807) is 18.4 Å². The number of hydrogen-bond acceptors (Lipinski definition) is 6. The van der Waals surface area contributed by atoms with Crippen LogP contribution in [0.1, 0.15) is 33.6 Å². The van der Waals surface area contributed by atoms with Crippen molar-refractivity contribution in [3.8, 4) is 5.75 Å². The quantitative estimate of drug-likeness (QED) is 0.599. The first-order valence-electron chi connectivity index (χ1n) is 10.5. The fourth-order valence-corrected chi connectivity index (χ4v) is 4.60. The number of carbonyl (C=O) groups is 1. The third-order valence-corrected chi connectivity index (χ3v) is 6.23. The molecular formula is C24H25N3O4. The number of aromatic carboxylic acids is 1. The molecule has 2 aliphatic heterocycles. The van der Waals surface area contributed by atoms with E-state index in [0.29, 0.717) is 24.3 Å². The first-order valence-corrected chi connectivity index (χ1v) is 10.5. The van der Waals surface area contributed by atoms with E-state index < -0.39 is 5.97 Å². The van der Waals surface area contributed by atoms with Crippen molar-refractivity contribution in [2.75, 3.05) is 13.1 Å². The number of ether oxygens (including phenoxy) is 1. The SMILES string of the molecule is O=C(O)c1ccc(CN2C[C@@H]3C[C@H]2CN3Cc2ccc(OCc3cocn3)cc2)cc1. The Bertz CT molecular complexity index is 1020. The molecule has 0 spiro atoms. The van der Waals surface area contributed by atoms with Crippen molar-refractivity contribution in [3.05, 3.63) is 83.6 Å². The number of nitrogens with zero attached hydrogens (tertiary/aromatic N) is 3. The molecule has 3 aromatic rings. The van der Waals surface area contributed by atoms with Crippen molar-refractivity contribution >= 4 is 5.97 Å². The third-order valence-electron chi connectivity index (χ3n) is 6.23. The molecule has 0 amide bonds. The molecule has 2 bridgehead atoms. The lowest BCUT2D eigenvalue weighted by atomic mass is 10.1. The van der Waals surface area contributed by atoms with Gasteiger partial charge < -0.3 is 14.3 Å². The van der Waals surface area contributed by atoms with Crippen LogP contribution in [0.15, 0.2) is 65.6 Å². The molecule has 0 unspecified atom stereocenters. The monoisotopic (exact) mass is 419 g/mol. The van der Waals surface area contributed by atoms with Crippen LogP contribution < -0.4 is 4.74 Å². The Balaban J connectivity index is 1.12. The summed E-state index contributed by atoms with van der Waals surface area (Å²) in [6.45, 7) is 4.37. The predicted octanol–water partition coefficient (Wildman–Crippen LogP) is 3.41. The number of benzene rings is 2.